The molecule has 0 radical (unpaired) electrons. The molecule has 2 aliphatic rings. The smallest absolute Gasteiger partial charge is 0.297 e. The topological polar surface area (TPSA) is 145 Å². The van der Waals surface area contributed by atoms with E-state index in [1.807, 2.05) is 12.1 Å². The number of nitrogens with zero attached hydrogens (tertiary/aromatic N) is 5. The lowest BCUT2D eigenvalue weighted by molar-refractivity contribution is -0.00357. The van der Waals surface area contributed by atoms with Crippen LogP contribution >= 0.6 is 0 Å². The largest absolute Gasteiger partial charge is 0.491 e. The van der Waals surface area contributed by atoms with Gasteiger partial charge in [-0.3, -0.25) is 14.2 Å². The number of carbonyl (C=O) groups is 1. The fraction of sp³-hybridized carbons (Fsp3) is 0.391. The van der Waals surface area contributed by atoms with Crippen LogP contribution in [0.3, 0.4) is 0 Å². The third kappa shape index (κ3) is 5.22. The van der Waals surface area contributed by atoms with E-state index in [-0.39, 0.29) is 41.0 Å². The molecule has 3 aromatic heterocycles. The minimum Gasteiger partial charge on any atom is -0.491 e. The van der Waals surface area contributed by atoms with E-state index in [2.05, 4.69) is 36.1 Å². The number of pyridine rings is 2. The van der Waals surface area contributed by atoms with E-state index in [0.717, 1.165) is 25.1 Å². The first kappa shape index (κ1) is 22.7. The van der Waals surface area contributed by atoms with E-state index in [1.165, 1.54) is 17.9 Å². The fourth-order valence-electron chi connectivity index (χ4n) is 4.11. The molecule has 1 amide bonds. The molecule has 3 aromatic rings. The average Bonchev–Trinajstić information content (AvgIpc) is 3.29. The summed E-state index contributed by atoms with van der Waals surface area (Å²) in [5, 5.41) is 17.6. The van der Waals surface area contributed by atoms with Gasteiger partial charge in [-0.1, -0.05) is 0 Å². The van der Waals surface area contributed by atoms with Crippen molar-refractivity contribution in [2.45, 2.75) is 37.4 Å². The highest BCUT2D eigenvalue weighted by molar-refractivity contribution is 5.92. The van der Waals surface area contributed by atoms with Gasteiger partial charge in [-0.2, -0.15) is 0 Å². The van der Waals surface area contributed by atoms with Crippen molar-refractivity contribution in [1.29, 1.82) is 0 Å². The Morgan fingerprint density at radius 3 is 2.54 bits per heavy atom. The van der Waals surface area contributed by atoms with Gasteiger partial charge < -0.3 is 25.4 Å². The normalized spacial score (nSPS) is 19.6. The molecule has 35 heavy (non-hydrogen) atoms. The molecule has 5 rings (SSSR count). The Kier molecular flexibility index (Phi) is 6.53. The van der Waals surface area contributed by atoms with Crippen molar-refractivity contribution in [3.8, 4) is 11.4 Å². The number of ether oxygens (including phenoxy) is 2. The summed E-state index contributed by atoms with van der Waals surface area (Å²) in [7, 11) is 1.47. The average molecular weight is 479 g/mol. The molecule has 12 nitrogen and oxygen atoms in total. The van der Waals surface area contributed by atoms with Crippen LogP contribution < -0.4 is 26.2 Å². The number of hydrogen-bond acceptors (Lipinski definition) is 10. The summed E-state index contributed by atoms with van der Waals surface area (Å²) in [6.45, 7) is 1.04. The van der Waals surface area contributed by atoms with Gasteiger partial charge in [0.2, 0.25) is 5.95 Å². The number of hydrogen-bond donors (Lipinski definition) is 3. The first-order valence-electron chi connectivity index (χ1n) is 11.4. The molecule has 1 aliphatic heterocycles. The van der Waals surface area contributed by atoms with Gasteiger partial charge >= 0.3 is 0 Å². The second-order valence-corrected chi connectivity index (χ2v) is 8.52. The number of rotatable bonds is 8. The highest BCUT2D eigenvalue weighted by Gasteiger charge is 2.26. The maximum absolute atomic E-state index is 12.4. The summed E-state index contributed by atoms with van der Waals surface area (Å²) >= 11 is 0. The van der Waals surface area contributed by atoms with E-state index in [1.54, 1.807) is 24.5 Å². The maximum Gasteiger partial charge on any atom is 0.297 e. The maximum atomic E-state index is 12.4. The van der Waals surface area contributed by atoms with Crippen LogP contribution in [0.25, 0.3) is 5.69 Å². The Hall–Kier alpha value is -4.06. The van der Waals surface area contributed by atoms with Crippen molar-refractivity contribution in [3.63, 3.8) is 0 Å². The van der Waals surface area contributed by atoms with E-state index >= 15 is 0 Å². The van der Waals surface area contributed by atoms with Gasteiger partial charge in [0, 0.05) is 18.3 Å². The molecule has 3 N–H and O–H groups in total. The number of carbonyl (C=O) groups excluding carboxylic acids is 1. The van der Waals surface area contributed by atoms with Crippen molar-refractivity contribution in [2.24, 2.45) is 0 Å². The molecule has 2 atom stereocenters. The van der Waals surface area contributed by atoms with Gasteiger partial charge in [-0.25, -0.2) is 9.97 Å². The lowest BCUT2D eigenvalue weighted by atomic mass is 10.2. The van der Waals surface area contributed by atoms with Crippen molar-refractivity contribution < 1.29 is 14.3 Å². The van der Waals surface area contributed by atoms with Crippen LogP contribution in [0.5, 0.6) is 5.75 Å². The van der Waals surface area contributed by atoms with Crippen LogP contribution in [0.1, 0.15) is 29.8 Å². The molecule has 1 aliphatic carbocycles. The number of methoxy groups -OCH3 is 1. The molecule has 0 bridgehead atoms. The summed E-state index contributed by atoms with van der Waals surface area (Å²) in [6, 6.07) is 7.52. The predicted molar refractivity (Wildman–Crippen MR) is 127 cm³/mol. The first-order chi connectivity index (χ1) is 17.1. The Bertz CT molecular complexity index is 1230. The molecule has 0 aromatic carbocycles. The Morgan fingerprint density at radius 2 is 1.89 bits per heavy atom. The third-order valence-corrected chi connectivity index (χ3v) is 6.04. The number of amides is 1. The zero-order valence-electron chi connectivity index (χ0n) is 19.2. The minimum absolute atomic E-state index is 0.0282. The highest BCUT2D eigenvalue weighted by Crippen LogP contribution is 2.24. The minimum atomic E-state index is -0.301. The summed E-state index contributed by atoms with van der Waals surface area (Å²) in [5.74, 6) is 1.11. The van der Waals surface area contributed by atoms with Crippen LogP contribution in [-0.2, 0) is 4.74 Å². The zero-order valence-corrected chi connectivity index (χ0v) is 19.2. The quantitative estimate of drug-likeness (QED) is 0.429. The molecule has 0 spiro atoms. The Morgan fingerprint density at radius 1 is 1.06 bits per heavy atom. The molecule has 1 saturated carbocycles. The fourth-order valence-corrected chi connectivity index (χ4v) is 4.11. The third-order valence-electron chi connectivity index (χ3n) is 6.04. The second-order valence-electron chi connectivity index (χ2n) is 8.52. The SMILES string of the molecule is COc1cccn(-c2ccc(N[C@H]3CC[C@H](Nc4ncc(C(=O)NC5COC5)nn4)C3)nc2)c1=O. The van der Waals surface area contributed by atoms with Crippen molar-refractivity contribution in [1.82, 2.24) is 30.0 Å². The molecule has 12 heteroatoms. The van der Waals surface area contributed by atoms with Gasteiger partial charge in [0.15, 0.2) is 11.4 Å². The molecular formula is C23H26N8O4. The van der Waals surface area contributed by atoms with Crippen LogP contribution in [-0.4, -0.2) is 69.1 Å². The lowest BCUT2D eigenvalue weighted by Crippen LogP contribution is -2.48. The second kappa shape index (κ2) is 10.1. The van der Waals surface area contributed by atoms with E-state index < -0.39 is 0 Å². The zero-order chi connectivity index (χ0) is 24.2. The van der Waals surface area contributed by atoms with E-state index in [9.17, 15) is 9.59 Å². The molecule has 4 heterocycles. The van der Waals surface area contributed by atoms with Gasteiger partial charge in [0.25, 0.3) is 11.5 Å². The van der Waals surface area contributed by atoms with Gasteiger partial charge in [-0.05, 0) is 43.5 Å². The van der Waals surface area contributed by atoms with E-state index in [0.29, 0.717) is 24.8 Å². The molecule has 0 unspecified atom stereocenters. The Labute approximate surface area is 201 Å². The number of aromatic nitrogens is 5. The van der Waals surface area contributed by atoms with Crippen molar-refractivity contribution >= 4 is 17.7 Å². The lowest BCUT2D eigenvalue weighted by Gasteiger charge is -2.26. The summed E-state index contributed by atoms with van der Waals surface area (Å²) in [4.78, 5) is 33.2. The van der Waals surface area contributed by atoms with Crippen molar-refractivity contribution in [2.75, 3.05) is 31.0 Å². The summed E-state index contributed by atoms with van der Waals surface area (Å²) in [6.07, 6.45) is 7.50. The number of nitrogens with one attached hydrogen (secondary N) is 3. The molecule has 2 fully saturated rings. The standard InChI is InChI=1S/C23H26N8O4/c1-34-19-3-2-8-31(22(19)33)17-6-7-20(24-10-17)26-14-4-5-15(9-14)28-23-25-11-18(29-30-23)21(32)27-16-12-35-13-16/h2-3,6-8,10-11,14-16H,4-5,9,12-13H2,1H3,(H,24,26)(H,27,32)(H,25,28,30)/t14-,15-/m0/s1. The van der Waals surface area contributed by atoms with Crippen LogP contribution in [0, 0.1) is 0 Å². The van der Waals surface area contributed by atoms with Crippen LogP contribution in [0.4, 0.5) is 11.8 Å². The van der Waals surface area contributed by atoms with Gasteiger partial charge in [-0.15, -0.1) is 10.2 Å². The Balaban J connectivity index is 1.13. The molecule has 1 saturated heterocycles. The van der Waals surface area contributed by atoms with Crippen LogP contribution in [0.2, 0.25) is 0 Å². The van der Waals surface area contributed by atoms with E-state index in [4.69, 9.17) is 9.47 Å². The van der Waals surface area contributed by atoms with Gasteiger partial charge in [0.1, 0.15) is 5.82 Å². The monoisotopic (exact) mass is 478 g/mol. The van der Waals surface area contributed by atoms with Crippen LogP contribution in [0.15, 0.2) is 47.7 Å². The van der Waals surface area contributed by atoms with Gasteiger partial charge in [0.05, 0.1) is 44.4 Å². The summed E-state index contributed by atoms with van der Waals surface area (Å²) < 4.78 is 11.6. The number of anilines is 2. The molecular weight excluding hydrogens is 452 g/mol. The first-order valence-corrected chi connectivity index (χ1v) is 11.4. The highest BCUT2D eigenvalue weighted by atomic mass is 16.5. The summed E-state index contributed by atoms with van der Waals surface area (Å²) in [5.41, 5.74) is 0.605. The van der Waals surface area contributed by atoms with Crippen molar-refractivity contribution in [3.05, 3.63) is 58.9 Å². The predicted octanol–water partition coefficient (Wildman–Crippen LogP) is 1.000. The molecule has 182 valence electrons.